The summed E-state index contributed by atoms with van der Waals surface area (Å²) in [6.07, 6.45) is 4.20. The Labute approximate surface area is 178 Å². The monoisotopic (exact) mass is 410 g/mol. The molecule has 6 nitrogen and oxygen atoms in total. The smallest absolute Gasteiger partial charge is 0.404 e. The Morgan fingerprint density at radius 2 is 1.97 bits per heavy atom. The van der Waals surface area contributed by atoms with E-state index in [1.165, 1.54) is 6.42 Å². The maximum atomic E-state index is 12.9. The van der Waals surface area contributed by atoms with Gasteiger partial charge in [0.1, 0.15) is 0 Å². The molecule has 5 atom stereocenters. The average molecular weight is 410 g/mol. The number of amides is 2. The van der Waals surface area contributed by atoms with Gasteiger partial charge >= 0.3 is 7.12 Å². The third kappa shape index (κ3) is 3.01. The van der Waals surface area contributed by atoms with E-state index >= 15 is 0 Å². The number of hydrogen-bond acceptors (Lipinski definition) is 4. The van der Waals surface area contributed by atoms with Crippen LogP contribution in [0.5, 0.6) is 0 Å². The van der Waals surface area contributed by atoms with Crippen molar-refractivity contribution in [1.29, 1.82) is 0 Å². The Bertz CT molecular complexity index is 847. The number of carbonyl (C=O) groups is 2. The minimum absolute atomic E-state index is 0.00459. The first-order valence-electron chi connectivity index (χ1n) is 11.3. The molecule has 3 saturated carbocycles. The highest BCUT2D eigenvalue weighted by Gasteiger charge is 2.69. The molecule has 0 spiro atoms. The van der Waals surface area contributed by atoms with Gasteiger partial charge in [0.25, 0.3) is 5.91 Å². The summed E-state index contributed by atoms with van der Waals surface area (Å²) in [4.78, 5) is 27.1. The number of rotatable bonds is 4. The summed E-state index contributed by atoms with van der Waals surface area (Å²) >= 11 is 0. The molecule has 0 radical (unpaired) electrons. The molecule has 5 fully saturated rings. The molecule has 160 valence electrons. The minimum atomic E-state index is -0.369. The Hall–Kier alpha value is -1.86. The van der Waals surface area contributed by atoms with Gasteiger partial charge in [0, 0.05) is 12.1 Å². The van der Waals surface area contributed by atoms with Crippen LogP contribution >= 0.6 is 0 Å². The predicted octanol–water partition coefficient (Wildman–Crippen LogP) is 2.67. The lowest BCUT2D eigenvalue weighted by atomic mass is 9.43. The first kappa shape index (κ1) is 20.1. The lowest BCUT2D eigenvalue weighted by molar-refractivity contribution is -0.199. The first-order chi connectivity index (χ1) is 14.3. The summed E-state index contributed by atoms with van der Waals surface area (Å²) in [5, 5.41) is 2.76. The molecule has 4 unspecified atom stereocenters. The standard InChI is InChI=1S/C23H31BN2O4/c1-22(2)16-12-17(22)23(3)18(13-16)29-24(30-23)19-10-7-11-26(19)20(27)14-25-21(28)15-8-5-4-6-9-15/h4-6,8-9,16-19H,7,10-14H2,1-3H3,(H,25,28)/t16-,17?,18?,19?,23?/m0/s1. The molecule has 1 aromatic rings. The molecule has 2 aliphatic heterocycles. The van der Waals surface area contributed by atoms with Crippen LogP contribution in [0.4, 0.5) is 0 Å². The summed E-state index contributed by atoms with van der Waals surface area (Å²) < 4.78 is 13.0. The maximum Gasteiger partial charge on any atom is 0.481 e. The van der Waals surface area contributed by atoms with Gasteiger partial charge in [0.05, 0.1) is 24.2 Å². The van der Waals surface area contributed by atoms with Crippen molar-refractivity contribution in [2.75, 3.05) is 13.1 Å². The third-order valence-corrected chi connectivity index (χ3v) is 8.34. The molecule has 3 aliphatic carbocycles. The van der Waals surface area contributed by atoms with Crippen LogP contribution in [0.3, 0.4) is 0 Å². The molecular formula is C23H31BN2O4. The molecule has 2 heterocycles. The zero-order valence-corrected chi connectivity index (χ0v) is 18.1. The number of carbonyl (C=O) groups excluding carboxylic acids is 2. The van der Waals surface area contributed by atoms with Gasteiger partial charge in [-0.1, -0.05) is 32.0 Å². The summed E-state index contributed by atoms with van der Waals surface area (Å²) in [6.45, 7) is 7.60. The van der Waals surface area contributed by atoms with Crippen LogP contribution in [0.15, 0.2) is 30.3 Å². The molecule has 1 N–H and O–H groups in total. The summed E-state index contributed by atoms with van der Waals surface area (Å²) in [6, 6.07) is 8.98. The van der Waals surface area contributed by atoms with E-state index in [1.54, 1.807) is 12.1 Å². The highest BCUT2D eigenvalue weighted by molar-refractivity contribution is 6.48. The summed E-state index contributed by atoms with van der Waals surface area (Å²) in [5.74, 6) is 0.841. The maximum absolute atomic E-state index is 12.9. The molecule has 6 rings (SSSR count). The van der Waals surface area contributed by atoms with Crippen LogP contribution in [0.25, 0.3) is 0 Å². The van der Waals surface area contributed by atoms with Crippen molar-refractivity contribution in [3.63, 3.8) is 0 Å². The van der Waals surface area contributed by atoms with Crippen LogP contribution in [-0.2, 0) is 14.1 Å². The van der Waals surface area contributed by atoms with Crippen molar-refractivity contribution in [2.45, 2.75) is 64.1 Å². The second kappa shape index (κ2) is 7.09. The fraction of sp³-hybridized carbons (Fsp3) is 0.652. The van der Waals surface area contributed by atoms with Gasteiger partial charge in [-0.05, 0) is 62.0 Å². The van der Waals surface area contributed by atoms with Gasteiger partial charge in [-0.15, -0.1) is 0 Å². The Morgan fingerprint density at radius 1 is 1.20 bits per heavy atom. The Kier molecular flexibility index (Phi) is 4.75. The van der Waals surface area contributed by atoms with Crippen LogP contribution in [0, 0.1) is 17.3 Å². The summed E-state index contributed by atoms with van der Waals surface area (Å²) in [7, 11) is -0.369. The van der Waals surface area contributed by atoms with Crippen LogP contribution < -0.4 is 5.32 Å². The number of nitrogens with one attached hydrogen (secondary N) is 1. The van der Waals surface area contributed by atoms with E-state index in [0.717, 1.165) is 19.3 Å². The molecule has 2 amide bonds. The molecule has 1 aromatic carbocycles. The van der Waals surface area contributed by atoms with E-state index in [2.05, 4.69) is 26.1 Å². The second-order valence-corrected chi connectivity index (χ2v) is 10.2. The van der Waals surface area contributed by atoms with Crippen LogP contribution in [0.1, 0.15) is 56.8 Å². The Balaban J connectivity index is 1.23. The van der Waals surface area contributed by atoms with Crippen molar-refractivity contribution in [3.05, 3.63) is 35.9 Å². The fourth-order valence-corrected chi connectivity index (χ4v) is 6.40. The zero-order valence-electron chi connectivity index (χ0n) is 18.1. The van der Waals surface area contributed by atoms with Crippen molar-refractivity contribution in [2.24, 2.45) is 17.3 Å². The van der Waals surface area contributed by atoms with Gasteiger partial charge in [0.2, 0.25) is 5.91 Å². The zero-order chi connectivity index (χ0) is 21.1. The molecular weight excluding hydrogens is 379 g/mol. The molecule has 5 aliphatic rings. The highest BCUT2D eigenvalue weighted by Crippen LogP contribution is 2.65. The van der Waals surface area contributed by atoms with Crippen molar-refractivity contribution in [3.8, 4) is 0 Å². The lowest BCUT2D eigenvalue weighted by Gasteiger charge is -2.64. The number of likely N-dealkylation sites (tertiary alicyclic amines) is 1. The lowest BCUT2D eigenvalue weighted by Crippen LogP contribution is -2.65. The van der Waals surface area contributed by atoms with E-state index in [-0.39, 0.29) is 43.1 Å². The average Bonchev–Trinajstić information content (AvgIpc) is 3.35. The van der Waals surface area contributed by atoms with Crippen molar-refractivity contribution < 1.29 is 18.9 Å². The van der Waals surface area contributed by atoms with Gasteiger partial charge < -0.3 is 19.5 Å². The largest absolute Gasteiger partial charge is 0.481 e. The van der Waals surface area contributed by atoms with E-state index in [4.69, 9.17) is 9.31 Å². The normalized spacial score (nSPS) is 36.2. The van der Waals surface area contributed by atoms with Gasteiger partial charge in [-0.3, -0.25) is 9.59 Å². The van der Waals surface area contributed by atoms with Gasteiger partial charge in [-0.25, -0.2) is 0 Å². The van der Waals surface area contributed by atoms with Crippen LogP contribution in [0.2, 0.25) is 0 Å². The minimum Gasteiger partial charge on any atom is -0.404 e. The van der Waals surface area contributed by atoms with E-state index in [1.807, 2.05) is 23.1 Å². The SMILES string of the molecule is CC12OB(C3CCCN3C(=O)CNC(=O)c3ccccc3)OC1C[C@@H]1CC2C1(C)C. The summed E-state index contributed by atoms with van der Waals surface area (Å²) in [5.41, 5.74) is 0.599. The van der Waals surface area contributed by atoms with E-state index in [0.29, 0.717) is 29.4 Å². The molecule has 2 bridgehead atoms. The topological polar surface area (TPSA) is 67.9 Å². The van der Waals surface area contributed by atoms with Crippen molar-refractivity contribution >= 4 is 18.9 Å². The van der Waals surface area contributed by atoms with E-state index < -0.39 is 0 Å². The van der Waals surface area contributed by atoms with Crippen molar-refractivity contribution in [1.82, 2.24) is 10.2 Å². The number of benzene rings is 1. The van der Waals surface area contributed by atoms with Gasteiger partial charge in [-0.2, -0.15) is 0 Å². The Morgan fingerprint density at radius 3 is 2.70 bits per heavy atom. The fourth-order valence-electron chi connectivity index (χ4n) is 6.40. The van der Waals surface area contributed by atoms with Gasteiger partial charge in [0.15, 0.2) is 0 Å². The molecule has 30 heavy (non-hydrogen) atoms. The molecule has 7 heteroatoms. The molecule has 0 aromatic heterocycles. The molecule has 2 saturated heterocycles. The van der Waals surface area contributed by atoms with Crippen LogP contribution in [-0.4, -0.2) is 54.6 Å². The predicted molar refractivity (Wildman–Crippen MR) is 114 cm³/mol. The quantitative estimate of drug-likeness (QED) is 0.776. The first-order valence-corrected chi connectivity index (χ1v) is 11.3. The highest BCUT2D eigenvalue weighted by atomic mass is 16.7. The number of nitrogens with zero attached hydrogens (tertiary/aromatic N) is 1. The van der Waals surface area contributed by atoms with E-state index in [9.17, 15) is 9.59 Å². The third-order valence-electron chi connectivity index (χ3n) is 8.34. The second-order valence-electron chi connectivity index (χ2n) is 10.2. The number of hydrogen-bond donors (Lipinski definition) is 1.